The maximum Gasteiger partial charge on any atom is 0.0409 e. The van der Waals surface area contributed by atoms with E-state index in [1.54, 1.807) is 0 Å². The average Bonchev–Trinajstić information content (AvgIpc) is 2.37. The maximum absolute atomic E-state index is 5.99. The van der Waals surface area contributed by atoms with Crippen molar-refractivity contribution in [1.29, 1.82) is 0 Å². The van der Waals surface area contributed by atoms with Crippen LogP contribution < -0.4 is 5.32 Å². The Labute approximate surface area is 113 Å². The van der Waals surface area contributed by atoms with Gasteiger partial charge in [-0.15, -0.1) is 0 Å². The van der Waals surface area contributed by atoms with Gasteiger partial charge in [0.1, 0.15) is 0 Å². The number of benzene rings is 1. The van der Waals surface area contributed by atoms with E-state index < -0.39 is 0 Å². The van der Waals surface area contributed by atoms with Crippen LogP contribution in [-0.4, -0.2) is 18.3 Å². The molecule has 1 heterocycles. The lowest BCUT2D eigenvalue weighted by Crippen LogP contribution is -2.31. The molecule has 1 aromatic carbocycles. The minimum atomic E-state index is 0.746. The molecule has 0 radical (unpaired) electrons. The van der Waals surface area contributed by atoms with E-state index in [1.165, 1.54) is 31.5 Å². The molecule has 17 heavy (non-hydrogen) atoms. The van der Waals surface area contributed by atoms with Crippen molar-refractivity contribution in [3.8, 4) is 0 Å². The van der Waals surface area contributed by atoms with Gasteiger partial charge >= 0.3 is 0 Å². The molecule has 1 nitrogen and oxygen atoms in total. The van der Waals surface area contributed by atoms with Gasteiger partial charge in [0.15, 0.2) is 0 Å². The Balaban J connectivity index is 1.80. The van der Waals surface area contributed by atoms with E-state index in [9.17, 15) is 0 Å². The summed E-state index contributed by atoms with van der Waals surface area (Å²) >= 11 is 8.05. The monoisotopic (exact) mass is 269 g/mol. The summed E-state index contributed by atoms with van der Waals surface area (Å²) in [6.07, 6.45) is 2.65. The lowest BCUT2D eigenvalue weighted by Gasteiger charge is -2.27. The number of rotatable bonds is 4. The fourth-order valence-corrected chi connectivity index (χ4v) is 3.70. The summed E-state index contributed by atoms with van der Waals surface area (Å²) in [5.74, 6) is 1.95. The lowest BCUT2D eigenvalue weighted by molar-refractivity contribution is 0.373. The number of nitrogens with one attached hydrogen (secondary N) is 1. The largest absolute Gasteiger partial charge is 0.317 e. The Morgan fingerprint density at radius 1 is 1.41 bits per heavy atom. The molecule has 0 amide bonds. The van der Waals surface area contributed by atoms with E-state index in [0.717, 1.165) is 21.9 Å². The van der Waals surface area contributed by atoms with Gasteiger partial charge in [0.2, 0.25) is 0 Å². The van der Waals surface area contributed by atoms with Gasteiger partial charge in [-0.05, 0) is 49.5 Å². The Kier molecular flexibility index (Phi) is 5.20. The van der Waals surface area contributed by atoms with Crippen molar-refractivity contribution in [3.63, 3.8) is 0 Å². The SMILES string of the molecule is CC(SCc1cccc(Cl)c1)C1CCNCC1. The summed E-state index contributed by atoms with van der Waals surface area (Å²) in [5.41, 5.74) is 1.34. The second-order valence-electron chi connectivity index (χ2n) is 4.73. The summed E-state index contributed by atoms with van der Waals surface area (Å²) < 4.78 is 0. The van der Waals surface area contributed by atoms with Crippen molar-refractivity contribution >= 4 is 23.4 Å². The zero-order chi connectivity index (χ0) is 12.1. The summed E-state index contributed by atoms with van der Waals surface area (Å²) in [6, 6.07) is 8.21. The number of hydrogen-bond donors (Lipinski definition) is 1. The molecule has 1 N–H and O–H groups in total. The number of halogens is 1. The molecule has 3 heteroatoms. The molecule has 1 unspecified atom stereocenters. The molecular formula is C14H20ClNS. The van der Waals surface area contributed by atoms with Crippen LogP contribution in [0.1, 0.15) is 25.3 Å². The molecule has 2 rings (SSSR count). The number of hydrogen-bond acceptors (Lipinski definition) is 2. The predicted molar refractivity (Wildman–Crippen MR) is 77.8 cm³/mol. The van der Waals surface area contributed by atoms with E-state index in [0.29, 0.717) is 0 Å². The maximum atomic E-state index is 5.99. The summed E-state index contributed by atoms with van der Waals surface area (Å²) in [6.45, 7) is 4.74. The van der Waals surface area contributed by atoms with E-state index in [1.807, 2.05) is 12.1 Å². The van der Waals surface area contributed by atoms with Gasteiger partial charge < -0.3 is 5.32 Å². The number of piperidine rings is 1. The zero-order valence-electron chi connectivity index (χ0n) is 10.3. The first-order valence-electron chi connectivity index (χ1n) is 6.32. The van der Waals surface area contributed by atoms with Gasteiger partial charge in [-0.2, -0.15) is 11.8 Å². The van der Waals surface area contributed by atoms with Crippen molar-refractivity contribution < 1.29 is 0 Å². The number of thioether (sulfide) groups is 1. The van der Waals surface area contributed by atoms with Crippen LogP contribution in [0.2, 0.25) is 5.02 Å². The van der Waals surface area contributed by atoms with Gasteiger partial charge in [0, 0.05) is 16.0 Å². The third kappa shape index (κ3) is 4.20. The summed E-state index contributed by atoms with van der Waals surface area (Å²) in [7, 11) is 0. The van der Waals surface area contributed by atoms with Crippen molar-refractivity contribution in [2.75, 3.05) is 13.1 Å². The average molecular weight is 270 g/mol. The van der Waals surface area contributed by atoms with Crippen LogP contribution >= 0.6 is 23.4 Å². The Morgan fingerprint density at radius 2 is 2.18 bits per heavy atom. The molecule has 1 aliphatic heterocycles. The zero-order valence-corrected chi connectivity index (χ0v) is 11.9. The predicted octanol–water partition coefficient (Wildman–Crippen LogP) is 3.96. The van der Waals surface area contributed by atoms with Gasteiger partial charge in [0.05, 0.1) is 0 Å². The molecule has 1 atom stereocenters. The molecule has 0 aliphatic carbocycles. The summed E-state index contributed by atoms with van der Waals surface area (Å²) in [5, 5.41) is 5.02. The van der Waals surface area contributed by atoms with E-state index in [2.05, 4.69) is 36.1 Å². The highest BCUT2D eigenvalue weighted by Crippen LogP contribution is 2.29. The highest BCUT2D eigenvalue weighted by Gasteiger charge is 2.19. The van der Waals surface area contributed by atoms with E-state index in [4.69, 9.17) is 11.6 Å². The normalized spacial score (nSPS) is 19.2. The topological polar surface area (TPSA) is 12.0 Å². The van der Waals surface area contributed by atoms with Crippen LogP contribution in [0, 0.1) is 5.92 Å². The Bertz CT molecular complexity index is 350. The van der Waals surface area contributed by atoms with Crippen molar-refractivity contribution in [2.24, 2.45) is 5.92 Å². The standard InChI is InChI=1S/C14H20ClNS/c1-11(13-5-7-16-8-6-13)17-10-12-3-2-4-14(15)9-12/h2-4,9,11,13,16H,5-8,10H2,1H3. The van der Waals surface area contributed by atoms with Crippen LogP contribution in [0.25, 0.3) is 0 Å². The Hall–Kier alpha value is -0.180. The van der Waals surface area contributed by atoms with Crippen molar-refractivity contribution in [1.82, 2.24) is 5.32 Å². The fourth-order valence-electron chi connectivity index (χ4n) is 2.30. The molecular weight excluding hydrogens is 250 g/mol. The smallest absolute Gasteiger partial charge is 0.0409 e. The minimum absolute atomic E-state index is 0.746. The second kappa shape index (κ2) is 6.67. The van der Waals surface area contributed by atoms with Crippen LogP contribution in [0.15, 0.2) is 24.3 Å². The third-order valence-corrected chi connectivity index (χ3v) is 5.10. The first-order valence-corrected chi connectivity index (χ1v) is 7.75. The molecule has 0 aromatic heterocycles. The highest BCUT2D eigenvalue weighted by atomic mass is 35.5. The third-order valence-electron chi connectivity index (χ3n) is 3.45. The molecule has 0 saturated carbocycles. The van der Waals surface area contributed by atoms with Crippen molar-refractivity contribution in [3.05, 3.63) is 34.9 Å². The van der Waals surface area contributed by atoms with E-state index in [-0.39, 0.29) is 0 Å². The fraction of sp³-hybridized carbons (Fsp3) is 0.571. The van der Waals surface area contributed by atoms with Crippen LogP contribution in [0.5, 0.6) is 0 Å². The van der Waals surface area contributed by atoms with Gasteiger partial charge in [-0.3, -0.25) is 0 Å². The Morgan fingerprint density at radius 3 is 2.88 bits per heavy atom. The summed E-state index contributed by atoms with van der Waals surface area (Å²) in [4.78, 5) is 0. The van der Waals surface area contributed by atoms with Crippen molar-refractivity contribution in [2.45, 2.75) is 30.8 Å². The molecule has 1 saturated heterocycles. The first-order chi connectivity index (χ1) is 8.25. The molecule has 1 fully saturated rings. The molecule has 0 bridgehead atoms. The highest BCUT2D eigenvalue weighted by molar-refractivity contribution is 7.99. The van der Waals surface area contributed by atoms with Crippen LogP contribution in [0.4, 0.5) is 0 Å². The molecule has 1 aromatic rings. The minimum Gasteiger partial charge on any atom is -0.317 e. The first kappa shape index (κ1) is 13.3. The molecule has 0 spiro atoms. The van der Waals surface area contributed by atoms with Gasteiger partial charge in [0.25, 0.3) is 0 Å². The van der Waals surface area contributed by atoms with E-state index >= 15 is 0 Å². The van der Waals surface area contributed by atoms with Crippen LogP contribution in [0.3, 0.4) is 0 Å². The molecule has 94 valence electrons. The van der Waals surface area contributed by atoms with Gasteiger partial charge in [-0.25, -0.2) is 0 Å². The molecule has 1 aliphatic rings. The van der Waals surface area contributed by atoms with Crippen LogP contribution in [-0.2, 0) is 5.75 Å². The lowest BCUT2D eigenvalue weighted by atomic mass is 9.95. The quantitative estimate of drug-likeness (QED) is 0.888. The van der Waals surface area contributed by atoms with Gasteiger partial charge in [-0.1, -0.05) is 30.7 Å². The second-order valence-corrected chi connectivity index (χ2v) is 6.54.